The van der Waals surface area contributed by atoms with E-state index in [0.717, 1.165) is 12.0 Å². The van der Waals surface area contributed by atoms with Gasteiger partial charge in [0.25, 0.3) is 0 Å². The van der Waals surface area contributed by atoms with Gasteiger partial charge in [-0.25, -0.2) is 0 Å². The first-order valence-electron chi connectivity index (χ1n) is 7.73. The molecule has 106 valence electrons. The largest absolute Gasteiger partial charge is 0.315 e. The standard InChI is InChI=1S/C14H30N4/c1-3-18(4-2)14-11-16-6-5-13(14)12-17-9-7-15-8-10-17/h13-16H,3-12H2,1-2H3. The Hall–Kier alpha value is -0.160. The molecule has 2 rings (SSSR count). The molecule has 2 aliphatic heterocycles. The van der Waals surface area contributed by atoms with Gasteiger partial charge in [0.2, 0.25) is 0 Å². The molecule has 0 aromatic rings. The average molecular weight is 254 g/mol. The molecular formula is C14H30N4. The summed E-state index contributed by atoms with van der Waals surface area (Å²) in [4.78, 5) is 5.29. The third kappa shape index (κ3) is 3.67. The van der Waals surface area contributed by atoms with Crippen LogP contribution in [-0.2, 0) is 0 Å². The summed E-state index contributed by atoms with van der Waals surface area (Å²) in [6, 6.07) is 0.739. The topological polar surface area (TPSA) is 30.5 Å². The van der Waals surface area contributed by atoms with Gasteiger partial charge in [0.15, 0.2) is 0 Å². The van der Waals surface area contributed by atoms with E-state index in [-0.39, 0.29) is 0 Å². The van der Waals surface area contributed by atoms with Crippen molar-refractivity contribution in [2.45, 2.75) is 26.3 Å². The summed E-state index contributed by atoms with van der Waals surface area (Å²) in [5, 5.41) is 7.02. The van der Waals surface area contributed by atoms with Crippen molar-refractivity contribution in [3.8, 4) is 0 Å². The lowest BCUT2D eigenvalue weighted by Gasteiger charge is -2.42. The van der Waals surface area contributed by atoms with Crippen LogP contribution in [0.15, 0.2) is 0 Å². The zero-order valence-corrected chi connectivity index (χ0v) is 12.1. The number of piperidine rings is 1. The van der Waals surface area contributed by atoms with Gasteiger partial charge in [-0.3, -0.25) is 4.90 Å². The van der Waals surface area contributed by atoms with Gasteiger partial charge in [-0.05, 0) is 32.0 Å². The van der Waals surface area contributed by atoms with Crippen molar-refractivity contribution in [3.05, 3.63) is 0 Å². The van der Waals surface area contributed by atoms with Gasteiger partial charge in [-0.15, -0.1) is 0 Å². The second kappa shape index (κ2) is 7.43. The molecule has 0 amide bonds. The summed E-state index contributed by atoms with van der Waals surface area (Å²) in [6.45, 7) is 15.4. The van der Waals surface area contributed by atoms with Crippen molar-refractivity contribution in [2.75, 3.05) is 58.9 Å². The Morgan fingerprint density at radius 1 is 1.06 bits per heavy atom. The van der Waals surface area contributed by atoms with Gasteiger partial charge in [0.1, 0.15) is 0 Å². The number of nitrogens with one attached hydrogen (secondary N) is 2. The lowest BCUT2D eigenvalue weighted by molar-refractivity contribution is 0.0889. The van der Waals surface area contributed by atoms with Crippen molar-refractivity contribution >= 4 is 0 Å². The predicted molar refractivity (Wildman–Crippen MR) is 77.0 cm³/mol. The summed E-state index contributed by atoms with van der Waals surface area (Å²) in [7, 11) is 0. The summed E-state index contributed by atoms with van der Waals surface area (Å²) in [5.74, 6) is 0.851. The van der Waals surface area contributed by atoms with Crippen LogP contribution in [0.1, 0.15) is 20.3 Å². The molecule has 2 N–H and O–H groups in total. The molecule has 0 aromatic carbocycles. The minimum absolute atomic E-state index is 0.739. The van der Waals surface area contributed by atoms with Crippen LogP contribution in [0.5, 0.6) is 0 Å². The summed E-state index contributed by atoms with van der Waals surface area (Å²) in [6.07, 6.45) is 1.34. The third-order valence-electron chi connectivity index (χ3n) is 4.57. The van der Waals surface area contributed by atoms with Crippen molar-refractivity contribution in [3.63, 3.8) is 0 Å². The van der Waals surface area contributed by atoms with Gasteiger partial charge in [-0.1, -0.05) is 13.8 Å². The maximum Gasteiger partial charge on any atom is 0.0261 e. The summed E-state index contributed by atoms with van der Waals surface area (Å²) in [5.41, 5.74) is 0. The third-order valence-corrected chi connectivity index (χ3v) is 4.57. The molecule has 4 heteroatoms. The van der Waals surface area contributed by atoms with Crippen LogP contribution in [0.25, 0.3) is 0 Å². The molecular weight excluding hydrogens is 224 g/mol. The van der Waals surface area contributed by atoms with Crippen molar-refractivity contribution < 1.29 is 0 Å². The number of hydrogen-bond acceptors (Lipinski definition) is 4. The Kier molecular flexibility index (Phi) is 5.89. The smallest absolute Gasteiger partial charge is 0.0261 e. The molecule has 18 heavy (non-hydrogen) atoms. The molecule has 4 nitrogen and oxygen atoms in total. The van der Waals surface area contributed by atoms with Crippen molar-refractivity contribution in [1.82, 2.24) is 20.4 Å². The van der Waals surface area contributed by atoms with Crippen molar-refractivity contribution in [2.24, 2.45) is 5.92 Å². The Morgan fingerprint density at radius 2 is 1.78 bits per heavy atom. The average Bonchev–Trinajstić information content (AvgIpc) is 2.43. The molecule has 0 radical (unpaired) electrons. The molecule has 0 bridgehead atoms. The van der Waals surface area contributed by atoms with Crippen LogP contribution in [-0.4, -0.2) is 74.7 Å². The van der Waals surface area contributed by atoms with Gasteiger partial charge >= 0.3 is 0 Å². The molecule has 2 heterocycles. The van der Waals surface area contributed by atoms with E-state index in [2.05, 4.69) is 34.3 Å². The fourth-order valence-corrected chi connectivity index (χ4v) is 3.45. The van der Waals surface area contributed by atoms with Crippen LogP contribution >= 0.6 is 0 Å². The van der Waals surface area contributed by atoms with E-state index in [1.54, 1.807) is 0 Å². The van der Waals surface area contributed by atoms with Gasteiger partial charge < -0.3 is 15.5 Å². The molecule has 2 saturated heterocycles. The van der Waals surface area contributed by atoms with Crippen LogP contribution in [0, 0.1) is 5.92 Å². The lowest BCUT2D eigenvalue weighted by atomic mass is 9.90. The van der Waals surface area contributed by atoms with E-state index >= 15 is 0 Å². The summed E-state index contributed by atoms with van der Waals surface area (Å²) < 4.78 is 0. The highest BCUT2D eigenvalue weighted by atomic mass is 15.2. The molecule has 0 spiro atoms. The predicted octanol–water partition coefficient (Wildman–Crippen LogP) is 0.212. The first kappa shape index (κ1) is 14.3. The molecule has 2 unspecified atom stereocenters. The summed E-state index contributed by atoms with van der Waals surface area (Å²) >= 11 is 0. The minimum Gasteiger partial charge on any atom is -0.315 e. The Morgan fingerprint density at radius 3 is 2.44 bits per heavy atom. The molecule has 2 fully saturated rings. The van der Waals surface area contributed by atoms with E-state index in [1.165, 1.54) is 65.3 Å². The number of likely N-dealkylation sites (N-methyl/N-ethyl adjacent to an activating group) is 1. The number of hydrogen-bond donors (Lipinski definition) is 2. The van der Waals surface area contributed by atoms with Crippen LogP contribution in [0.4, 0.5) is 0 Å². The second-order valence-corrected chi connectivity index (χ2v) is 5.59. The minimum atomic E-state index is 0.739. The van der Waals surface area contributed by atoms with E-state index in [4.69, 9.17) is 0 Å². The lowest BCUT2D eigenvalue weighted by Crippen LogP contribution is -2.55. The van der Waals surface area contributed by atoms with Crippen molar-refractivity contribution in [1.29, 1.82) is 0 Å². The van der Waals surface area contributed by atoms with E-state index in [1.807, 2.05) is 0 Å². The first-order chi connectivity index (χ1) is 8.85. The maximum absolute atomic E-state index is 3.58. The van der Waals surface area contributed by atoms with Gasteiger partial charge in [0, 0.05) is 45.3 Å². The normalized spacial score (nSPS) is 30.8. The number of nitrogens with zero attached hydrogens (tertiary/aromatic N) is 2. The number of rotatable bonds is 5. The molecule has 2 atom stereocenters. The first-order valence-corrected chi connectivity index (χ1v) is 7.73. The quantitative estimate of drug-likeness (QED) is 0.734. The highest BCUT2D eigenvalue weighted by molar-refractivity contribution is 4.87. The maximum atomic E-state index is 3.58. The zero-order chi connectivity index (χ0) is 12.8. The zero-order valence-electron chi connectivity index (χ0n) is 12.1. The van der Waals surface area contributed by atoms with Crippen LogP contribution < -0.4 is 10.6 Å². The number of piperazine rings is 1. The monoisotopic (exact) mass is 254 g/mol. The molecule has 0 saturated carbocycles. The van der Waals surface area contributed by atoms with Crippen LogP contribution in [0.3, 0.4) is 0 Å². The Bertz CT molecular complexity index is 224. The van der Waals surface area contributed by atoms with Gasteiger partial charge in [-0.2, -0.15) is 0 Å². The SMILES string of the molecule is CCN(CC)C1CNCCC1CN1CCNCC1. The molecule has 0 aromatic heterocycles. The molecule has 0 aliphatic carbocycles. The van der Waals surface area contributed by atoms with E-state index < -0.39 is 0 Å². The van der Waals surface area contributed by atoms with Crippen LogP contribution in [0.2, 0.25) is 0 Å². The van der Waals surface area contributed by atoms with E-state index in [9.17, 15) is 0 Å². The highest BCUT2D eigenvalue weighted by Gasteiger charge is 2.30. The second-order valence-electron chi connectivity index (χ2n) is 5.59. The highest BCUT2D eigenvalue weighted by Crippen LogP contribution is 2.19. The molecule has 2 aliphatic rings. The van der Waals surface area contributed by atoms with E-state index in [0.29, 0.717) is 0 Å². The Labute approximate surface area is 112 Å². The fourth-order valence-electron chi connectivity index (χ4n) is 3.45. The fraction of sp³-hybridized carbons (Fsp3) is 1.00. The van der Waals surface area contributed by atoms with Gasteiger partial charge in [0.05, 0.1) is 0 Å². The Balaban J connectivity index is 1.89.